The fraction of sp³-hybridized carbons (Fsp3) is 0.778. The van der Waals surface area contributed by atoms with E-state index >= 15 is 0 Å². The zero-order valence-corrected chi connectivity index (χ0v) is 7.58. The van der Waals surface area contributed by atoms with Gasteiger partial charge in [-0.1, -0.05) is 6.42 Å². The quantitative estimate of drug-likeness (QED) is 0.485. The van der Waals surface area contributed by atoms with Crippen LogP contribution in [0.15, 0.2) is 0 Å². The number of carbonyl (C=O) groups excluding carboxylic acids is 2. The van der Waals surface area contributed by atoms with E-state index in [0.29, 0.717) is 12.8 Å². The van der Waals surface area contributed by atoms with Crippen LogP contribution in [-0.4, -0.2) is 23.5 Å². The van der Waals surface area contributed by atoms with Crippen LogP contribution in [0.1, 0.15) is 32.1 Å². The normalized spacial score (nSPS) is 23.0. The minimum Gasteiger partial charge on any atom is -0.396 e. The number of unbranched alkanes of at least 4 members (excludes halogenated alkanes) is 1. The van der Waals surface area contributed by atoms with Gasteiger partial charge < -0.3 is 5.11 Å². The number of rotatable bonds is 4. The first kappa shape index (κ1) is 10.2. The molecule has 0 aromatic carbocycles. The zero-order chi connectivity index (χ0) is 9.68. The van der Waals surface area contributed by atoms with Crippen molar-refractivity contribution in [2.75, 3.05) is 6.61 Å². The monoisotopic (exact) mass is 185 g/mol. The Morgan fingerprint density at radius 2 is 2.15 bits per heavy atom. The summed E-state index contributed by atoms with van der Waals surface area (Å²) in [6, 6.07) is 0. The van der Waals surface area contributed by atoms with Crippen molar-refractivity contribution in [1.29, 1.82) is 0 Å². The number of nitrogens with one attached hydrogen (secondary N) is 1. The lowest BCUT2D eigenvalue weighted by Crippen LogP contribution is -2.40. The van der Waals surface area contributed by atoms with E-state index in [1.165, 1.54) is 0 Å². The number of aliphatic hydroxyl groups is 1. The topological polar surface area (TPSA) is 66.4 Å². The van der Waals surface area contributed by atoms with Crippen molar-refractivity contribution in [3.05, 3.63) is 0 Å². The highest BCUT2D eigenvalue weighted by Crippen LogP contribution is 2.18. The molecule has 1 rings (SSSR count). The number of imide groups is 1. The van der Waals surface area contributed by atoms with Crippen molar-refractivity contribution in [2.45, 2.75) is 32.1 Å². The lowest BCUT2D eigenvalue weighted by atomic mass is 9.93. The predicted octanol–water partition coefficient (Wildman–Crippen LogP) is 0.202. The molecule has 74 valence electrons. The predicted molar refractivity (Wildman–Crippen MR) is 46.8 cm³/mol. The summed E-state index contributed by atoms with van der Waals surface area (Å²) in [5.41, 5.74) is 0. The Bertz CT molecular complexity index is 203. The molecule has 1 unspecified atom stereocenters. The van der Waals surface area contributed by atoms with Crippen LogP contribution in [0.5, 0.6) is 0 Å². The first-order valence-electron chi connectivity index (χ1n) is 4.68. The van der Waals surface area contributed by atoms with Crippen LogP contribution in [0, 0.1) is 5.92 Å². The lowest BCUT2D eigenvalue weighted by molar-refractivity contribution is -0.136. The molecule has 1 atom stereocenters. The van der Waals surface area contributed by atoms with Gasteiger partial charge >= 0.3 is 0 Å². The Labute approximate surface area is 77.3 Å². The third-order valence-electron chi connectivity index (χ3n) is 2.31. The third kappa shape index (κ3) is 3.14. The van der Waals surface area contributed by atoms with Gasteiger partial charge in [-0.2, -0.15) is 0 Å². The first-order chi connectivity index (χ1) is 6.24. The van der Waals surface area contributed by atoms with Crippen LogP contribution in [0.2, 0.25) is 0 Å². The standard InChI is InChI=1S/C9H15NO3/c11-6-2-1-3-7-4-5-8(12)10-9(7)13/h7,11H,1-6H2,(H,10,12,13). The van der Waals surface area contributed by atoms with Gasteiger partial charge in [0.2, 0.25) is 11.8 Å². The molecular formula is C9H15NO3. The maximum atomic E-state index is 11.2. The summed E-state index contributed by atoms with van der Waals surface area (Å²) < 4.78 is 0. The van der Waals surface area contributed by atoms with Gasteiger partial charge in [-0.05, 0) is 19.3 Å². The summed E-state index contributed by atoms with van der Waals surface area (Å²) in [5.74, 6) is -0.332. The van der Waals surface area contributed by atoms with Gasteiger partial charge in [-0.25, -0.2) is 0 Å². The van der Waals surface area contributed by atoms with Crippen LogP contribution < -0.4 is 5.32 Å². The molecular weight excluding hydrogens is 170 g/mol. The Kier molecular flexibility index (Phi) is 3.89. The Hall–Kier alpha value is -0.900. The van der Waals surface area contributed by atoms with Gasteiger partial charge in [0.1, 0.15) is 0 Å². The highest BCUT2D eigenvalue weighted by atomic mass is 16.3. The van der Waals surface area contributed by atoms with Crippen molar-refractivity contribution in [2.24, 2.45) is 5.92 Å². The smallest absolute Gasteiger partial charge is 0.229 e. The number of amides is 2. The van der Waals surface area contributed by atoms with E-state index in [9.17, 15) is 9.59 Å². The molecule has 13 heavy (non-hydrogen) atoms. The molecule has 1 heterocycles. The second-order valence-electron chi connectivity index (χ2n) is 3.37. The molecule has 0 radical (unpaired) electrons. The van der Waals surface area contributed by atoms with Crippen LogP contribution in [0.4, 0.5) is 0 Å². The molecule has 0 aliphatic carbocycles. The average Bonchev–Trinajstić information content (AvgIpc) is 2.09. The van der Waals surface area contributed by atoms with Gasteiger partial charge in [0.25, 0.3) is 0 Å². The van der Waals surface area contributed by atoms with Crippen molar-refractivity contribution < 1.29 is 14.7 Å². The molecule has 4 heteroatoms. The maximum Gasteiger partial charge on any atom is 0.229 e. The SMILES string of the molecule is O=C1CCC(CCCCO)C(=O)N1. The van der Waals surface area contributed by atoms with E-state index in [4.69, 9.17) is 5.11 Å². The van der Waals surface area contributed by atoms with Crippen LogP contribution in [0.3, 0.4) is 0 Å². The summed E-state index contributed by atoms with van der Waals surface area (Å²) in [6.45, 7) is 0.174. The number of hydrogen-bond donors (Lipinski definition) is 2. The first-order valence-corrected chi connectivity index (χ1v) is 4.68. The van der Waals surface area contributed by atoms with Crippen molar-refractivity contribution >= 4 is 11.8 Å². The Morgan fingerprint density at radius 3 is 2.77 bits per heavy atom. The average molecular weight is 185 g/mol. The van der Waals surface area contributed by atoms with E-state index in [-0.39, 0.29) is 24.3 Å². The summed E-state index contributed by atoms with van der Waals surface area (Å²) in [6.07, 6.45) is 3.48. The number of carbonyl (C=O) groups is 2. The van der Waals surface area contributed by atoms with Crippen molar-refractivity contribution in [1.82, 2.24) is 5.32 Å². The molecule has 1 saturated heterocycles. The van der Waals surface area contributed by atoms with E-state index in [2.05, 4.69) is 5.32 Å². The molecule has 1 fully saturated rings. The molecule has 0 aromatic heterocycles. The van der Waals surface area contributed by atoms with E-state index in [1.807, 2.05) is 0 Å². The third-order valence-corrected chi connectivity index (χ3v) is 2.31. The van der Waals surface area contributed by atoms with E-state index < -0.39 is 0 Å². The summed E-state index contributed by atoms with van der Waals surface area (Å²) in [4.78, 5) is 22.0. The van der Waals surface area contributed by atoms with Gasteiger partial charge in [0.15, 0.2) is 0 Å². The van der Waals surface area contributed by atoms with Crippen molar-refractivity contribution in [3.63, 3.8) is 0 Å². The second kappa shape index (κ2) is 4.97. The fourth-order valence-corrected chi connectivity index (χ4v) is 1.52. The Morgan fingerprint density at radius 1 is 1.38 bits per heavy atom. The summed E-state index contributed by atoms with van der Waals surface area (Å²) in [7, 11) is 0. The molecule has 1 aliphatic heterocycles. The van der Waals surface area contributed by atoms with Gasteiger partial charge in [-0.15, -0.1) is 0 Å². The largest absolute Gasteiger partial charge is 0.396 e. The minimum atomic E-state index is -0.164. The summed E-state index contributed by atoms with van der Waals surface area (Å²) in [5, 5.41) is 10.9. The van der Waals surface area contributed by atoms with Gasteiger partial charge in [-0.3, -0.25) is 14.9 Å². The van der Waals surface area contributed by atoms with Crippen molar-refractivity contribution in [3.8, 4) is 0 Å². The lowest BCUT2D eigenvalue weighted by Gasteiger charge is -2.20. The number of hydrogen-bond acceptors (Lipinski definition) is 3. The molecule has 1 aliphatic rings. The Balaban J connectivity index is 2.26. The number of piperidine rings is 1. The molecule has 0 spiro atoms. The minimum absolute atomic E-state index is 0.0238. The van der Waals surface area contributed by atoms with Gasteiger partial charge in [0, 0.05) is 18.9 Å². The molecule has 4 nitrogen and oxygen atoms in total. The van der Waals surface area contributed by atoms with E-state index in [1.54, 1.807) is 0 Å². The molecule has 2 N–H and O–H groups in total. The molecule has 2 amide bonds. The second-order valence-corrected chi connectivity index (χ2v) is 3.37. The van der Waals surface area contributed by atoms with Crippen LogP contribution >= 0.6 is 0 Å². The molecule has 0 saturated carbocycles. The highest BCUT2D eigenvalue weighted by Gasteiger charge is 2.25. The molecule has 0 bridgehead atoms. The maximum absolute atomic E-state index is 11.2. The molecule has 0 aromatic rings. The zero-order valence-electron chi connectivity index (χ0n) is 7.58. The highest BCUT2D eigenvalue weighted by molar-refractivity contribution is 5.98. The van der Waals surface area contributed by atoms with Crippen LogP contribution in [0.25, 0.3) is 0 Å². The summed E-state index contributed by atoms with van der Waals surface area (Å²) >= 11 is 0. The fourth-order valence-electron chi connectivity index (χ4n) is 1.52. The van der Waals surface area contributed by atoms with E-state index in [0.717, 1.165) is 19.3 Å². The van der Waals surface area contributed by atoms with Crippen LogP contribution in [-0.2, 0) is 9.59 Å². The number of aliphatic hydroxyl groups excluding tert-OH is 1. The van der Waals surface area contributed by atoms with Gasteiger partial charge in [0.05, 0.1) is 0 Å².